The van der Waals surface area contributed by atoms with Gasteiger partial charge in [0.05, 0.1) is 15.6 Å². The molecule has 0 aromatic heterocycles. The Morgan fingerprint density at radius 1 is 1.10 bits per heavy atom. The fourth-order valence-electron chi connectivity index (χ4n) is 2.12. The highest BCUT2D eigenvalue weighted by Crippen LogP contribution is 2.45. The topological polar surface area (TPSA) is 76.8 Å². The molecule has 0 atom stereocenters. The molecular formula is C17H11BrF7N3O3. The van der Waals surface area contributed by atoms with Crippen molar-refractivity contribution in [1.29, 1.82) is 0 Å². The Bertz CT molecular complexity index is 969. The van der Waals surface area contributed by atoms with Crippen molar-refractivity contribution >= 4 is 27.8 Å². The number of nitrogens with one attached hydrogen (secondary N) is 1. The molecule has 0 aliphatic rings. The molecule has 0 unspecified atom stereocenters. The highest BCUT2D eigenvalue weighted by Gasteiger charge is 2.73. The van der Waals surface area contributed by atoms with Crippen molar-refractivity contribution in [2.75, 3.05) is 0 Å². The lowest BCUT2D eigenvalue weighted by Gasteiger charge is -2.27. The maximum Gasteiger partial charge on any atom is 0.462 e. The monoisotopic (exact) mass is 517 g/mol. The minimum absolute atomic E-state index is 0.00790. The van der Waals surface area contributed by atoms with E-state index in [9.17, 15) is 40.8 Å². The van der Waals surface area contributed by atoms with Gasteiger partial charge in [-0.3, -0.25) is 10.1 Å². The molecule has 0 fully saturated rings. The summed E-state index contributed by atoms with van der Waals surface area (Å²) in [6.07, 6.45) is -6.11. The zero-order valence-electron chi connectivity index (χ0n) is 15.0. The van der Waals surface area contributed by atoms with E-state index in [2.05, 4.69) is 21.0 Å². The lowest BCUT2D eigenvalue weighted by Crippen LogP contribution is -2.58. The number of rotatable bonds is 8. The summed E-state index contributed by atoms with van der Waals surface area (Å²) >= 11 is 3.00. The number of nitro benzene ring substituents is 1. The Hall–Kier alpha value is -2.90. The summed E-state index contributed by atoms with van der Waals surface area (Å²) < 4.78 is 93.7. The molecular weight excluding hydrogens is 507 g/mol. The summed E-state index contributed by atoms with van der Waals surface area (Å²) in [5, 5.41) is 14.0. The molecule has 1 N–H and O–H groups in total. The van der Waals surface area contributed by atoms with Crippen LogP contribution in [0.15, 0.2) is 52.0 Å². The number of hydrogen-bond acceptors (Lipinski definition) is 5. The molecule has 0 radical (unpaired) electrons. The summed E-state index contributed by atoms with van der Waals surface area (Å²) in [6.45, 7) is -0.0476. The van der Waals surface area contributed by atoms with Crippen LogP contribution >= 0.6 is 15.9 Å². The Kier molecular flexibility index (Phi) is 7.14. The van der Waals surface area contributed by atoms with Crippen LogP contribution in [0.4, 0.5) is 36.4 Å². The van der Waals surface area contributed by atoms with Crippen molar-refractivity contribution in [2.45, 2.75) is 24.8 Å². The van der Waals surface area contributed by atoms with Crippen LogP contribution in [0.5, 0.6) is 5.75 Å². The van der Waals surface area contributed by atoms with Gasteiger partial charge in [-0.1, -0.05) is 30.3 Å². The number of nitrogens with zero attached hydrogens (tertiary/aromatic N) is 2. The van der Waals surface area contributed by atoms with Gasteiger partial charge in [-0.15, -0.1) is 0 Å². The van der Waals surface area contributed by atoms with E-state index in [1.807, 2.05) is 0 Å². The smallest absolute Gasteiger partial charge is 0.462 e. The van der Waals surface area contributed by atoms with Crippen molar-refractivity contribution in [2.24, 2.45) is 5.10 Å². The Morgan fingerprint density at radius 2 is 1.71 bits per heavy atom. The van der Waals surface area contributed by atoms with E-state index in [1.165, 1.54) is 0 Å². The van der Waals surface area contributed by atoms with Gasteiger partial charge in [-0.25, -0.2) is 5.43 Å². The summed E-state index contributed by atoms with van der Waals surface area (Å²) in [7, 11) is 0. The Balaban J connectivity index is 2.23. The van der Waals surface area contributed by atoms with E-state index in [0.29, 0.717) is 17.2 Å². The van der Waals surface area contributed by atoms with Crippen LogP contribution in [-0.4, -0.2) is 29.3 Å². The second-order valence-electron chi connectivity index (χ2n) is 5.90. The first-order valence-corrected chi connectivity index (χ1v) is 8.83. The predicted molar refractivity (Wildman–Crippen MR) is 98.2 cm³/mol. The molecule has 0 saturated carbocycles. The van der Waals surface area contributed by atoms with E-state index in [-0.39, 0.29) is 22.4 Å². The average molecular weight is 518 g/mol. The lowest BCUT2D eigenvalue weighted by atomic mass is 10.2. The summed E-state index contributed by atoms with van der Waals surface area (Å²) in [5.74, 6) is -6.62. The van der Waals surface area contributed by atoms with Crippen LogP contribution in [0.1, 0.15) is 11.1 Å². The molecule has 0 spiro atoms. The normalized spacial score (nSPS) is 12.8. The van der Waals surface area contributed by atoms with Crippen LogP contribution in [-0.2, 0) is 6.61 Å². The molecule has 2 aromatic carbocycles. The predicted octanol–water partition coefficient (Wildman–Crippen LogP) is 5.65. The van der Waals surface area contributed by atoms with E-state index in [4.69, 9.17) is 4.74 Å². The van der Waals surface area contributed by atoms with Gasteiger partial charge in [0.1, 0.15) is 6.61 Å². The number of nitro groups is 1. The highest BCUT2D eigenvalue weighted by molar-refractivity contribution is 9.10. The Morgan fingerprint density at radius 3 is 2.26 bits per heavy atom. The molecule has 0 amide bonds. The van der Waals surface area contributed by atoms with E-state index in [1.54, 1.807) is 30.3 Å². The molecule has 168 valence electrons. The van der Waals surface area contributed by atoms with Gasteiger partial charge < -0.3 is 4.74 Å². The first kappa shape index (κ1) is 24.4. The molecule has 14 heteroatoms. The molecule has 31 heavy (non-hydrogen) atoms. The van der Waals surface area contributed by atoms with Gasteiger partial charge in [0, 0.05) is 11.6 Å². The van der Waals surface area contributed by atoms with Crippen molar-refractivity contribution < 1.29 is 40.4 Å². The molecule has 2 aromatic rings. The van der Waals surface area contributed by atoms with Gasteiger partial charge in [0.2, 0.25) is 5.75 Å². The van der Waals surface area contributed by atoms with Crippen molar-refractivity contribution in [3.8, 4) is 5.75 Å². The van der Waals surface area contributed by atoms with Crippen LogP contribution in [0.25, 0.3) is 0 Å². The quantitative estimate of drug-likeness (QED) is 0.161. The van der Waals surface area contributed by atoms with Gasteiger partial charge in [0.15, 0.2) is 0 Å². The molecule has 0 aliphatic carbocycles. The number of hydrogen-bond donors (Lipinski definition) is 1. The maximum absolute atomic E-state index is 13.2. The van der Waals surface area contributed by atoms with Crippen molar-refractivity contribution in [3.05, 3.63) is 68.2 Å². The molecule has 2 rings (SSSR count). The summed E-state index contributed by atoms with van der Waals surface area (Å²) in [6, 6.07) is 4.74. The summed E-state index contributed by atoms with van der Waals surface area (Å²) in [4.78, 5) is 10.5. The van der Waals surface area contributed by atoms with Crippen molar-refractivity contribution in [3.63, 3.8) is 0 Å². The van der Waals surface area contributed by atoms with Gasteiger partial charge in [-0.2, -0.15) is 35.8 Å². The number of hydrazone groups is 1. The first-order valence-electron chi connectivity index (χ1n) is 8.03. The molecule has 0 saturated heterocycles. The van der Waals surface area contributed by atoms with Gasteiger partial charge in [-0.05, 0) is 27.6 Å². The van der Waals surface area contributed by atoms with Gasteiger partial charge in [0.25, 0.3) is 0 Å². The van der Waals surface area contributed by atoms with Crippen LogP contribution < -0.4 is 10.2 Å². The van der Waals surface area contributed by atoms with E-state index < -0.39 is 28.8 Å². The van der Waals surface area contributed by atoms with Crippen LogP contribution in [0.3, 0.4) is 0 Å². The maximum atomic E-state index is 13.2. The molecule has 6 nitrogen and oxygen atoms in total. The largest absolute Gasteiger partial charge is 0.481 e. The summed E-state index contributed by atoms with van der Waals surface area (Å²) in [5.41, 5.74) is 0.234. The van der Waals surface area contributed by atoms with E-state index in [0.717, 1.165) is 12.1 Å². The third-order valence-corrected chi connectivity index (χ3v) is 4.23. The SMILES string of the molecule is O=[N+]([O-])c1cc(/C=N\NC(F)(F)C(F)(F)C(F)(F)F)cc(Br)c1OCc1ccccc1. The fraction of sp³-hybridized carbons (Fsp3) is 0.235. The molecule has 0 heterocycles. The number of benzene rings is 2. The van der Waals surface area contributed by atoms with Crippen LogP contribution in [0.2, 0.25) is 0 Å². The number of halogens is 8. The fourth-order valence-corrected chi connectivity index (χ4v) is 2.70. The van der Waals surface area contributed by atoms with E-state index >= 15 is 0 Å². The van der Waals surface area contributed by atoms with Crippen LogP contribution in [0, 0.1) is 10.1 Å². The standard InChI is InChI=1S/C17H11BrF7N3O3/c18-12-6-11(8-26-27-17(24,25)15(19,20)16(21,22)23)7-13(28(29)30)14(12)31-9-10-4-2-1-3-5-10/h1-8,27H,9H2/b26-8-. The first-order chi connectivity index (χ1) is 14.3. The second kappa shape index (κ2) is 9.08. The minimum Gasteiger partial charge on any atom is -0.481 e. The van der Waals surface area contributed by atoms with Crippen molar-refractivity contribution in [1.82, 2.24) is 5.43 Å². The minimum atomic E-state index is -6.53. The third kappa shape index (κ3) is 5.62. The number of ether oxygens (including phenoxy) is 1. The zero-order valence-corrected chi connectivity index (χ0v) is 16.6. The van der Waals surface area contributed by atoms with Gasteiger partial charge >= 0.3 is 23.8 Å². The highest BCUT2D eigenvalue weighted by atomic mass is 79.9. The average Bonchev–Trinajstić information content (AvgIpc) is 2.66. The molecule has 0 aliphatic heterocycles. The second-order valence-corrected chi connectivity index (χ2v) is 6.75. The Labute approximate surface area is 178 Å². The number of alkyl halides is 7. The third-order valence-electron chi connectivity index (χ3n) is 3.64. The molecule has 0 bridgehead atoms. The lowest BCUT2D eigenvalue weighted by molar-refractivity contribution is -0.386. The zero-order chi connectivity index (χ0) is 23.4.